The van der Waals surface area contributed by atoms with Crippen molar-refractivity contribution in [2.75, 3.05) is 11.9 Å². The van der Waals surface area contributed by atoms with Gasteiger partial charge in [-0.05, 0) is 37.6 Å². The van der Waals surface area contributed by atoms with Gasteiger partial charge in [0.2, 0.25) is 0 Å². The van der Waals surface area contributed by atoms with Crippen LogP contribution in [0.5, 0.6) is 0 Å². The molecule has 2 aromatic rings. The summed E-state index contributed by atoms with van der Waals surface area (Å²) in [5.41, 5.74) is 2.10. The van der Waals surface area contributed by atoms with E-state index in [0.29, 0.717) is 22.5 Å². The molecule has 2 rings (SSSR count). The molecular weight excluding hydrogens is 330 g/mol. The molecule has 122 valence electrons. The Morgan fingerprint density at radius 2 is 2.04 bits per heavy atom. The maximum atomic E-state index is 12.1. The first-order chi connectivity index (χ1) is 11.4. The number of pyridine rings is 1. The number of rotatable bonds is 4. The number of nitrogens with zero attached hydrogens (tertiary/aromatic N) is 2. The molecule has 1 heterocycles. The lowest BCUT2D eigenvalue weighted by atomic mass is 10.1. The molecule has 0 unspecified atom stereocenters. The van der Waals surface area contributed by atoms with Gasteiger partial charge in [0.1, 0.15) is 11.2 Å². The largest absolute Gasteiger partial charge is 0.452 e. The fraction of sp³-hybridized carbons (Fsp3) is 0.176. The maximum Gasteiger partial charge on any atom is 0.342 e. The topological polar surface area (TPSA) is 92.1 Å². The summed E-state index contributed by atoms with van der Waals surface area (Å²) < 4.78 is 4.98. The Morgan fingerprint density at radius 3 is 2.71 bits per heavy atom. The number of aryl methyl sites for hydroxylation is 2. The SMILES string of the molecule is Cc1cc(C)c(C(=O)OCC(=O)Nc2ccccc2C#N)c(Cl)n1. The maximum absolute atomic E-state index is 12.1. The molecule has 0 aliphatic heterocycles. The van der Waals surface area contributed by atoms with Crippen molar-refractivity contribution in [2.24, 2.45) is 0 Å². The molecule has 6 nitrogen and oxygen atoms in total. The third-order valence-corrected chi connectivity index (χ3v) is 3.43. The van der Waals surface area contributed by atoms with Crippen molar-refractivity contribution >= 4 is 29.2 Å². The van der Waals surface area contributed by atoms with Gasteiger partial charge in [0.25, 0.3) is 5.91 Å². The number of esters is 1. The van der Waals surface area contributed by atoms with Gasteiger partial charge >= 0.3 is 5.97 Å². The number of nitrogens with one attached hydrogen (secondary N) is 1. The highest BCUT2D eigenvalue weighted by Gasteiger charge is 2.18. The van der Waals surface area contributed by atoms with Crippen molar-refractivity contribution < 1.29 is 14.3 Å². The van der Waals surface area contributed by atoms with E-state index in [9.17, 15) is 9.59 Å². The summed E-state index contributed by atoms with van der Waals surface area (Å²) in [5, 5.41) is 11.5. The van der Waals surface area contributed by atoms with E-state index in [0.717, 1.165) is 0 Å². The number of para-hydroxylation sites is 1. The first-order valence-electron chi connectivity index (χ1n) is 7.02. The van der Waals surface area contributed by atoms with Crippen LogP contribution in [0.25, 0.3) is 0 Å². The molecule has 0 bridgehead atoms. The highest BCUT2D eigenvalue weighted by molar-refractivity contribution is 6.32. The lowest BCUT2D eigenvalue weighted by Gasteiger charge is -2.10. The molecule has 0 aliphatic carbocycles. The smallest absolute Gasteiger partial charge is 0.342 e. The van der Waals surface area contributed by atoms with Crippen LogP contribution in [0.3, 0.4) is 0 Å². The second-order valence-electron chi connectivity index (χ2n) is 5.03. The minimum Gasteiger partial charge on any atom is -0.452 e. The number of anilines is 1. The molecule has 0 spiro atoms. The minimum atomic E-state index is -0.728. The summed E-state index contributed by atoms with van der Waals surface area (Å²) in [6.07, 6.45) is 0. The van der Waals surface area contributed by atoms with Crippen molar-refractivity contribution in [3.05, 3.63) is 57.9 Å². The fourth-order valence-corrected chi connectivity index (χ4v) is 2.48. The van der Waals surface area contributed by atoms with E-state index < -0.39 is 18.5 Å². The van der Waals surface area contributed by atoms with Gasteiger partial charge in [-0.2, -0.15) is 5.26 Å². The molecule has 1 amide bonds. The summed E-state index contributed by atoms with van der Waals surface area (Å²) in [6, 6.07) is 10.2. The quantitative estimate of drug-likeness (QED) is 0.680. The highest BCUT2D eigenvalue weighted by Crippen LogP contribution is 2.20. The molecule has 24 heavy (non-hydrogen) atoms. The normalized spacial score (nSPS) is 9.92. The van der Waals surface area contributed by atoms with Gasteiger partial charge < -0.3 is 10.1 Å². The lowest BCUT2D eigenvalue weighted by molar-refractivity contribution is -0.119. The van der Waals surface area contributed by atoms with E-state index in [1.165, 1.54) is 0 Å². The van der Waals surface area contributed by atoms with E-state index in [1.54, 1.807) is 44.2 Å². The second-order valence-corrected chi connectivity index (χ2v) is 5.39. The summed E-state index contributed by atoms with van der Waals surface area (Å²) in [6.45, 7) is 2.97. The number of carbonyl (C=O) groups excluding carboxylic acids is 2. The Hall–Kier alpha value is -2.91. The van der Waals surface area contributed by atoms with Crippen molar-refractivity contribution in [3.8, 4) is 6.07 Å². The number of hydrogen-bond acceptors (Lipinski definition) is 5. The van der Waals surface area contributed by atoms with Crippen LogP contribution in [0.4, 0.5) is 5.69 Å². The third kappa shape index (κ3) is 4.09. The number of amides is 1. The lowest BCUT2D eigenvalue weighted by Crippen LogP contribution is -2.22. The monoisotopic (exact) mass is 343 g/mol. The molecule has 0 aliphatic rings. The standard InChI is InChI=1S/C17H14ClN3O3/c1-10-7-11(2)20-16(18)15(10)17(23)24-9-14(22)21-13-6-4-3-5-12(13)8-19/h3-7H,9H2,1-2H3,(H,21,22). The molecular formula is C17H14ClN3O3. The molecule has 0 fully saturated rings. The predicted octanol–water partition coefficient (Wildman–Crippen LogP) is 3.02. The van der Waals surface area contributed by atoms with E-state index in [-0.39, 0.29) is 10.7 Å². The number of ether oxygens (including phenoxy) is 1. The van der Waals surface area contributed by atoms with Crippen LogP contribution in [-0.2, 0) is 9.53 Å². The highest BCUT2D eigenvalue weighted by atomic mass is 35.5. The molecule has 7 heteroatoms. The van der Waals surface area contributed by atoms with Gasteiger partial charge in [0.05, 0.1) is 16.8 Å². The second kappa shape index (κ2) is 7.57. The zero-order valence-corrected chi connectivity index (χ0v) is 13.8. The molecule has 0 saturated heterocycles. The number of benzene rings is 1. The van der Waals surface area contributed by atoms with Crippen molar-refractivity contribution in [3.63, 3.8) is 0 Å². The molecule has 1 N–H and O–H groups in total. The Bertz CT molecular complexity index is 820. The van der Waals surface area contributed by atoms with Crippen molar-refractivity contribution in [1.29, 1.82) is 5.26 Å². The number of halogens is 1. The van der Waals surface area contributed by atoms with Crippen LogP contribution in [0.1, 0.15) is 27.2 Å². The molecule has 0 saturated carbocycles. The van der Waals surface area contributed by atoms with E-state index in [1.807, 2.05) is 6.07 Å². The Labute approximate surface area is 144 Å². The number of nitriles is 1. The van der Waals surface area contributed by atoms with Gasteiger partial charge in [-0.25, -0.2) is 9.78 Å². The van der Waals surface area contributed by atoms with Crippen molar-refractivity contribution in [2.45, 2.75) is 13.8 Å². The van der Waals surface area contributed by atoms with Crippen LogP contribution in [0.15, 0.2) is 30.3 Å². The zero-order valence-electron chi connectivity index (χ0n) is 13.1. The Balaban J connectivity index is 2.02. The predicted molar refractivity (Wildman–Crippen MR) is 88.8 cm³/mol. The van der Waals surface area contributed by atoms with E-state index in [4.69, 9.17) is 21.6 Å². The molecule has 1 aromatic heterocycles. The van der Waals surface area contributed by atoms with Gasteiger partial charge in [0.15, 0.2) is 6.61 Å². The van der Waals surface area contributed by atoms with Crippen LogP contribution in [0, 0.1) is 25.2 Å². The van der Waals surface area contributed by atoms with Crippen LogP contribution >= 0.6 is 11.6 Å². The van der Waals surface area contributed by atoms with Crippen LogP contribution in [-0.4, -0.2) is 23.5 Å². The van der Waals surface area contributed by atoms with Crippen LogP contribution in [0.2, 0.25) is 5.15 Å². The minimum absolute atomic E-state index is 0.0349. The summed E-state index contributed by atoms with van der Waals surface area (Å²) in [4.78, 5) is 28.0. The molecule has 1 aromatic carbocycles. The van der Waals surface area contributed by atoms with Gasteiger partial charge in [-0.3, -0.25) is 4.79 Å². The average Bonchev–Trinajstić information content (AvgIpc) is 2.52. The summed E-state index contributed by atoms with van der Waals surface area (Å²) in [5.74, 6) is -1.28. The summed E-state index contributed by atoms with van der Waals surface area (Å²) in [7, 11) is 0. The Kier molecular flexibility index (Phi) is 5.51. The summed E-state index contributed by atoms with van der Waals surface area (Å²) >= 11 is 5.97. The number of carbonyl (C=O) groups is 2. The third-order valence-electron chi connectivity index (χ3n) is 3.16. The Morgan fingerprint density at radius 1 is 1.33 bits per heavy atom. The van der Waals surface area contributed by atoms with Gasteiger partial charge in [0, 0.05) is 5.69 Å². The number of hydrogen-bond donors (Lipinski definition) is 1. The van der Waals surface area contributed by atoms with Gasteiger partial charge in [-0.1, -0.05) is 23.7 Å². The number of aromatic nitrogens is 1. The fourth-order valence-electron chi connectivity index (χ4n) is 2.12. The van der Waals surface area contributed by atoms with Crippen LogP contribution < -0.4 is 5.32 Å². The average molecular weight is 344 g/mol. The molecule has 0 atom stereocenters. The van der Waals surface area contributed by atoms with E-state index in [2.05, 4.69) is 10.3 Å². The van der Waals surface area contributed by atoms with E-state index >= 15 is 0 Å². The zero-order chi connectivity index (χ0) is 17.7. The van der Waals surface area contributed by atoms with Crippen molar-refractivity contribution in [1.82, 2.24) is 4.98 Å². The first-order valence-corrected chi connectivity index (χ1v) is 7.40. The molecule has 0 radical (unpaired) electrons. The first kappa shape index (κ1) is 17.4. The van der Waals surface area contributed by atoms with Gasteiger partial charge in [-0.15, -0.1) is 0 Å².